The number of nitrogens with one attached hydrogen (secondary N) is 3. The summed E-state index contributed by atoms with van der Waals surface area (Å²) in [5, 5.41) is 9.64. The largest absolute Gasteiger partial charge is 0.350 e. The molecule has 2 aromatic rings. The molecule has 1 aliphatic rings. The Morgan fingerprint density at radius 2 is 1.79 bits per heavy atom. The minimum absolute atomic E-state index is 0.0497. The van der Waals surface area contributed by atoms with E-state index in [-0.39, 0.29) is 60.7 Å². The van der Waals surface area contributed by atoms with Gasteiger partial charge in [0.2, 0.25) is 17.7 Å². The van der Waals surface area contributed by atoms with Crippen molar-refractivity contribution in [3.05, 3.63) is 40.9 Å². The lowest BCUT2D eigenvalue weighted by atomic mass is 9.98. The highest BCUT2D eigenvalue weighted by atomic mass is 32.2. The number of nitrogens with zero attached hydrogens (tertiary/aromatic N) is 2. The fourth-order valence-corrected chi connectivity index (χ4v) is 7.19. The molecule has 1 fully saturated rings. The molecule has 10 nitrogen and oxygen atoms in total. The first-order chi connectivity index (χ1) is 20.3. The van der Waals surface area contributed by atoms with Crippen LogP contribution in [0.15, 0.2) is 30.4 Å². The molecule has 1 aliphatic heterocycles. The number of hydrogen-bond acceptors (Lipinski definition) is 8. The molecule has 1 aromatic heterocycles. The van der Waals surface area contributed by atoms with Crippen molar-refractivity contribution in [2.45, 2.75) is 78.3 Å². The van der Waals surface area contributed by atoms with Crippen molar-refractivity contribution in [1.29, 1.82) is 0 Å². The Hall–Kier alpha value is -2.83. The number of fused-ring (bicyclic) bond motifs is 1. The highest BCUT2D eigenvalue weighted by Gasteiger charge is 2.28. The van der Waals surface area contributed by atoms with Crippen molar-refractivity contribution in [2.24, 2.45) is 5.92 Å². The molecule has 43 heavy (non-hydrogen) atoms. The SMILES string of the molecule is C=C(CN1CCS(=O)(=O)CC1)C(=O)NC[C@@H](NC(=O)[C@H](Cc1nc2ccc(C(C)C)cc2s1)NC(=O)CCC)[C@@H](C)CC. The van der Waals surface area contributed by atoms with Gasteiger partial charge < -0.3 is 16.0 Å². The molecule has 1 aromatic carbocycles. The van der Waals surface area contributed by atoms with Gasteiger partial charge in [-0.2, -0.15) is 0 Å². The van der Waals surface area contributed by atoms with Crippen LogP contribution in [0.5, 0.6) is 0 Å². The van der Waals surface area contributed by atoms with Gasteiger partial charge in [0, 0.05) is 50.6 Å². The van der Waals surface area contributed by atoms with E-state index >= 15 is 0 Å². The summed E-state index contributed by atoms with van der Waals surface area (Å²) in [6.07, 6.45) is 2.02. The number of carbonyl (C=O) groups excluding carboxylic acids is 3. The lowest BCUT2D eigenvalue weighted by Crippen LogP contribution is -2.54. The van der Waals surface area contributed by atoms with Crippen LogP contribution < -0.4 is 16.0 Å². The second kappa shape index (κ2) is 15.8. The number of thiazole rings is 1. The molecule has 0 unspecified atom stereocenters. The molecule has 0 aliphatic carbocycles. The van der Waals surface area contributed by atoms with E-state index in [9.17, 15) is 22.8 Å². The number of benzene rings is 1. The molecule has 12 heteroatoms. The number of sulfone groups is 1. The van der Waals surface area contributed by atoms with Gasteiger partial charge in [0.15, 0.2) is 9.84 Å². The highest BCUT2D eigenvalue weighted by Crippen LogP contribution is 2.27. The van der Waals surface area contributed by atoms with E-state index in [1.165, 1.54) is 16.9 Å². The molecule has 3 N–H and O–H groups in total. The molecular formula is C31H47N5O5S2. The highest BCUT2D eigenvalue weighted by molar-refractivity contribution is 7.91. The van der Waals surface area contributed by atoms with Crippen molar-refractivity contribution in [1.82, 2.24) is 25.8 Å². The molecule has 1 saturated heterocycles. The molecule has 0 saturated carbocycles. The van der Waals surface area contributed by atoms with Crippen molar-refractivity contribution in [2.75, 3.05) is 37.7 Å². The standard InChI is InChI=1S/C31H47N5O5S2/c1-7-9-28(37)33-25(17-29-34-24-11-10-23(20(3)4)16-27(24)42-29)31(39)35-26(21(5)8-2)18-32-30(38)22(6)19-36-12-14-43(40,41)15-13-36/h10-11,16,20-21,25-26H,6-9,12-15,17-19H2,1-5H3,(H,32,38)(H,33,37)(H,35,39)/t21-,25-,26+/m0/s1. The van der Waals surface area contributed by atoms with Gasteiger partial charge in [0.1, 0.15) is 6.04 Å². The summed E-state index contributed by atoms with van der Waals surface area (Å²) in [5.74, 6) is -0.250. The second-order valence-electron chi connectivity index (χ2n) is 11.8. The van der Waals surface area contributed by atoms with E-state index < -0.39 is 15.9 Å². The molecule has 3 amide bonds. The average molecular weight is 634 g/mol. The predicted molar refractivity (Wildman–Crippen MR) is 173 cm³/mol. The molecular weight excluding hydrogens is 587 g/mol. The maximum absolute atomic E-state index is 13.6. The predicted octanol–water partition coefficient (Wildman–Crippen LogP) is 3.18. The number of aromatic nitrogens is 1. The first-order valence-corrected chi connectivity index (χ1v) is 17.8. The normalized spacial score (nSPS) is 17.3. The maximum Gasteiger partial charge on any atom is 0.247 e. The lowest BCUT2D eigenvalue weighted by Gasteiger charge is -2.28. The fraction of sp³-hybridized carbons (Fsp3) is 0.613. The Morgan fingerprint density at radius 1 is 1.09 bits per heavy atom. The van der Waals surface area contributed by atoms with Gasteiger partial charge in [-0.25, -0.2) is 13.4 Å². The Bertz CT molecular complexity index is 1390. The van der Waals surface area contributed by atoms with Gasteiger partial charge in [0.25, 0.3) is 0 Å². The van der Waals surface area contributed by atoms with Crippen LogP contribution >= 0.6 is 11.3 Å². The summed E-state index contributed by atoms with van der Waals surface area (Å²) in [5.41, 5.74) is 2.43. The summed E-state index contributed by atoms with van der Waals surface area (Å²) < 4.78 is 24.5. The zero-order chi connectivity index (χ0) is 31.7. The molecule has 0 radical (unpaired) electrons. The Kier molecular flexibility index (Phi) is 12.7. The molecule has 2 heterocycles. The van der Waals surface area contributed by atoms with Gasteiger partial charge in [-0.05, 0) is 36.0 Å². The van der Waals surface area contributed by atoms with Gasteiger partial charge in [-0.15, -0.1) is 11.3 Å². The topological polar surface area (TPSA) is 138 Å². The minimum Gasteiger partial charge on any atom is -0.350 e. The van der Waals surface area contributed by atoms with E-state index in [0.717, 1.165) is 21.6 Å². The van der Waals surface area contributed by atoms with E-state index in [1.54, 1.807) is 0 Å². The van der Waals surface area contributed by atoms with Gasteiger partial charge in [-0.3, -0.25) is 19.3 Å². The second-order valence-corrected chi connectivity index (χ2v) is 15.2. The summed E-state index contributed by atoms with van der Waals surface area (Å²) in [7, 11) is -3.01. The van der Waals surface area contributed by atoms with Crippen molar-refractivity contribution in [3.8, 4) is 0 Å². The van der Waals surface area contributed by atoms with Gasteiger partial charge >= 0.3 is 0 Å². The Labute approximate surface area is 260 Å². The van der Waals surface area contributed by atoms with Crippen LogP contribution in [-0.4, -0.2) is 85.8 Å². The molecule has 3 rings (SSSR count). The summed E-state index contributed by atoms with van der Waals surface area (Å²) in [6, 6.07) is 5.02. The number of rotatable bonds is 15. The smallest absolute Gasteiger partial charge is 0.247 e. The van der Waals surface area contributed by atoms with E-state index in [1.807, 2.05) is 31.7 Å². The molecule has 3 atom stereocenters. The van der Waals surface area contributed by atoms with Crippen LogP contribution in [0.4, 0.5) is 0 Å². The van der Waals surface area contributed by atoms with Crippen LogP contribution in [0.3, 0.4) is 0 Å². The summed E-state index contributed by atoms with van der Waals surface area (Å²) in [4.78, 5) is 45.7. The first-order valence-electron chi connectivity index (χ1n) is 15.2. The zero-order valence-electron chi connectivity index (χ0n) is 26.1. The van der Waals surface area contributed by atoms with Crippen LogP contribution in [0, 0.1) is 5.92 Å². The van der Waals surface area contributed by atoms with Crippen LogP contribution in [0.25, 0.3) is 10.2 Å². The molecule has 238 valence electrons. The molecule has 0 bridgehead atoms. The zero-order valence-corrected chi connectivity index (χ0v) is 27.7. The minimum atomic E-state index is -3.01. The lowest BCUT2D eigenvalue weighted by molar-refractivity contribution is -0.129. The van der Waals surface area contributed by atoms with Crippen LogP contribution in [-0.2, 0) is 30.6 Å². The average Bonchev–Trinajstić information content (AvgIpc) is 3.37. The third-order valence-corrected chi connectivity index (χ3v) is 10.6. The third-order valence-electron chi connectivity index (χ3n) is 7.94. The van der Waals surface area contributed by atoms with Crippen LogP contribution in [0.1, 0.15) is 70.4 Å². The quantitative estimate of drug-likeness (QED) is 0.256. The van der Waals surface area contributed by atoms with Crippen molar-refractivity contribution in [3.63, 3.8) is 0 Å². The number of carbonyl (C=O) groups is 3. The van der Waals surface area contributed by atoms with Crippen molar-refractivity contribution < 1.29 is 22.8 Å². The summed E-state index contributed by atoms with van der Waals surface area (Å²) in [6.45, 7) is 15.3. The van der Waals surface area contributed by atoms with E-state index in [0.29, 0.717) is 37.4 Å². The monoisotopic (exact) mass is 633 g/mol. The van der Waals surface area contributed by atoms with Gasteiger partial charge in [0.05, 0.1) is 26.7 Å². The number of amides is 3. The fourth-order valence-electron chi connectivity index (χ4n) is 4.85. The molecule has 0 spiro atoms. The summed E-state index contributed by atoms with van der Waals surface area (Å²) >= 11 is 1.53. The van der Waals surface area contributed by atoms with Crippen LogP contribution in [0.2, 0.25) is 0 Å². The number of hydrogen-bond donors (Lipinski definition) is 3. The maximum atomic E-state index is 13.6. The van der Waals surface area contributed by atoms with E-state index in [2.05, 4.69) is 48.5 Å². The third kappa shape index (κ3) is 10.4. The van der Waals surface area contributed by atoms with E-state index in [4.69, 9.17) is 4.98 Å². The Balaban J connectivity index is 1.67. The first kappa shape index (κ1) is 34.7. The van der Waals surface area contributed by atoms with Gasteiger partial charge in [-0.1, -0.05) is 53.7 Å². The van der Waals surface area contributed by atoms with Crippen molar-refractivity contribution >= 4 is 49.1 Å². The Morgan fingerprint density at radius 3 is 2.42 bits per heavy atom.